The van der Waals surface area contributed by atoms with Crippen molar-refractivity contribution in [2.75, 3.05) is 6.54 Å². The fraction of sp³-hybridized carbons (Fsp3) is 0.577. The average Bonchev–Trinajstić information content (AvgIpc) is 2.85. The monoisotopic (exact) mass is 536 g/mol. The van der Waals surface area contributed by atoms with Crippen LogP contribution in [0.25, 0.3) is 0 Å². The van der Waals surface area contributed by atoms with Gasteiger partial charge >= 0.3 is 5.97 Å². The second-order valence-electron chi connectivity index (χ2n) is 9.57. The number of phenolic OH excluding ortho intramolecular Hbond substituents is 1. The molecule has 7 N–H and O–H groups in total. The Morgan fingerprint density at radius 1 is 1.05 bits per heavy atom. The van der Waals surface area contributed by atoms with E-state index in [0.29, 0.717) is 12.7 Å². The first-order valence-corrected chi connectivity index (χ1v) is 12.6. The molecule has 1 unspecified atom stereocenters. The number of hydrogen-bond acceptors (Lipinski definition) is 8. The molecule has 0 radical (unpaired) electrons. The molecule has 3 amide bonds. The van der Waals surface area contributed by atoms with Crippen molar-refractivity contribution < 1.29 is 39.3 Å². The Morgan fingerprint density at radius 3 is 2.16 bits per heavy atom. The van der Waals surface area contributed by atoms with Gasteiger partial charge in [0.1, 0.15) is 24.1 Å². The van der Waals surface area contributed by atoms with Gasteiger partial charge in [-0.2, -0.15) is 0 Å². The molecule has 0 bridgehead atoms. The zero-order valence-electron chi connectivity index (χ0n) is 22.3. The molecule has 6 atom stereocenters. The van der Waals surface area contributed by atoms with Crippen molar-refractivity contribution >= 4 is 30.0 Å². The molecular formula is C26H40N4O8. The van der Waals surface area contributed by atoms with Crippen LogP contribution >= 0.6 is 0 Å². The Labute approximate surface area is 222 Å². The minimum Gasteiger partial charge on any atom is -0.508 e. The molecule has 1 aromatic rings. The van der Waals surface area contributed by atoms with Crippen LogP contribution in [0.4, 0.5) is 0 Å². The summed E-state index contributed by atoms with van der Waals surface area (Å²) < 4.78 is 0. The number of amides is 3. The van der Waals surface area contributed by atoms with Crippen molar-refractivity contribution in [3.8, 4) is 5.75 Å². The number of rotatable bonds is 16. The van der Waals surface area contributed by atoms with Crippen LogP contribution in [0.2, 0.25) is 0 Å². The lowest BCUT2D eigenvalue weighted by atomic mass is 9.97. The van der Waals surface area contributed by atoms with Gasteiger partial charge in [0, 0.05) is 19.0 Å². The molecule has 0 heterocycles. The number of phenols is 1. The van der Waals surface area contributed by atoms with Gasteiger partial charge in [-0.15, -0.1) is 0 Å². The number of nitrogens with one attached hydrogen (secondary N) is 2. The lowest BCUT2D eigenvalue weighted by Crippen LogP contribution is -2.58. The maximum Gasteiger partial charge on any atom is 0.305 e. The summed E-state index contributed by atoms with van der Waals surface area (Å²) in [5.74, 6) is -3.33. The standard InChI is InChI=1S/C26H40N4O8/c1-5-15(2)23(29-24(36)21(27)12-18-6-8-20(33)9-7-18)25(37)28-17(4)26(38)30(14-16(3)32)19(10-11-31)13-22(34)35/h6-9,11,15-17,19,21,23,32-33H,5,10,12-14,27H2,1-4H3,(H,28,37)(H,29,36)(H,34,35)/t15-,16?,17-,19+,21-,23-/m0/s1. The molecule has 1 rings (SSSR count). The number of hydrogen-bond donors (Lipinski definition) is 6. The van der Waals surface area contributed by atoms with Gasteiger partial charge < -0.3 is 41.4 Å². The molecule has 12 nitrogen and oxygen atoms in total. The Kier molecular flexibility index (Phi) is 13.4. The normalized spacial score (nSPS) is 15.7. The van der Waals surface area contributed by atoms with E-state index in [9.17, 15) is 39.3 Å². The number of carboxylic acid groups (broad SMARTS) is 1. The lowest BCUT2D eigenvalue weighted by Gasteiger charge is -2.34. The number of benzene rings is 1. The van der Waals surface area contributed by atoms with Crippen molar-refractivity contribution in [2.24, 2.45) is 11.7 Å². The topological polar surface area (TPSA) is 199 Å². The van der Waals surface area contributed by atoms with E-state index in [1.54, 1.807) is 19.1 Å². The second kappa shape index (κ2) is 15.7. The number of aliphatic hydroxyl groups excluding tert-OH is 1. The summed E-state index contributed by atoms with van der Waals surface area (Å²) >= 11 is 0. The SMILES string of the molecule is CC[C@H](C)[C@H](NC(=O)[C@@H](N)Cc1ccc(O)cc1)C(=O)N[C@@H](C)C(=O)N(CC(C)O)[C@H](CC=O)CC(=O)O. The van der Waals surface area contributed by atoms with Crippen LogP contribution in [-0.4, -0.2) is 87.0 Å². The molecule has 0 saturated carbocycles. The third-order valence-electron chi connectivity index (χ3n) is 6.21. The first-order valence-electron chi connectivity index (χ1n) is 12.6. The summed E-state index contributed by atoms with van der Waals surface area (Å²) in [4.78, 5) is 62.7. The van der Waals surface area contributed by atoms with E-state index < -0.39 is 60.4 Å². The van der Waals surface area contributed by atoms with Crippen molar-refractivity contribution in [3.63, 3.8) is 0 Å². The van der Waals surface area contributed by atoms with Crippen LogP contribution in [0.15, 0.2) is 24.3 Å². The van der Waals surface area contributed by atoms with Crippen LogP contribution in [0.1, 0.15) is 52.5 Å². The minimum atomic E-state index is -1.22. The fourth-order valence-corrected chi connectivity index (χ4v) is 3.89. The van der Waals surface area contributed by atoms with Gasteiger partial charge in [0.2, 0.25) is 17.7 Å². The minimum absolute atomic E-state index is 0.0800. The van der Waals surface area contributed by atoms with E-state index in [2.05, 4.69) is 10.6 Å². The van der Waals surface area contributed by atoms with Crippen LogP contribution in [0.3, 0.4) is 0 Å². The molecule has 38 heavy (non-hydrogen) atoms. The Balaban J connectivity index is 3.00. The zero-order chi connectivity index (χ0) is 29.0. The van der Waals surface area contributed by atoms with Crippen molar-refractivity contribution in [2.45, 2.75) is 83.6 Å². The lowest BCUT2D eigenvalue weighted by molar-refractivity contribution is -0.144. The smallest absolute Gasteiger partial charge is 0.305 e. The van der Waals surface area contributed by atoms with E-state index in [4.69, 9.17) is 5.73 Å². The first-order chi connectivity index (χ1) is 17.8. The molecule has 0 saturated heterocycles. The highest BCUT2D eigenvalue weighted by molar-refractivity contribution is 5.93. The number of nitrogens with zero attached hydrogens (tertiary/aromatic N) is 1. The van der Waals surface area contributed by atoms with Crippen molar-refractivity contribution in [1.29, 1.82) is 0 Å². The quantitative estimate of drug-likeness (QED) is 0.157. The fourth-order valence-electron chi connectivity index (χ4n) is 3.89. The van der Waals surface area contributed by atoms with Crippen LogP contribution in [0.5, 0.6) is 5.75 Å². The second-order valence-corrected chi connectivity index (χ2v) is 9.57. The summed E-state index contributed by atoms with van der Waals surface area (Å²) in [6.07, 6.45) is -0.576. The average molecular weight is 537 g/mol. The predicted octanol–water partition coefficient (Wildman–Crippen LogP) is -0.0607. The third kappa shape index (κ3) is 10.5. The highest BCUT2D eigenvalue weighted by atomic mass is 16.4. The largest absolute Gasteiger partial charge is 0.508 e. The number of carboxylic acids is 1. The highest BCUT2D eigenvalue weighted by Gasteiger charge is 2.33. The van der Waals surface area contributed by atoms with Gasteiger partial charge in [-0.1, -0.05) is 32.4 Å². The molecule has 0 aromatic heterocycles. The van der Waals surface area contributed by atoms with E-state index in [1.807, 2.05) is 6.92 Å². The molecule has 0 spiro atoms. The number of nitrogens with two attached hydrogens (primary N) is 1. The maximum atomic E-state index is 13.2. The van der Waals surface area contributed by atoms with Gasteiger partial charge in [-0.3, -0.25) is 19.2 Å². The highest BCUT2D eigenvalue weighted by Crippen LogP contribution is 2.14. The van der Waals surface area contributed by atoms with Crippen molar-refractivity contribution in [1.82, 2.24) is 15.5 Å². The molecule has 12 heteroatoms. The molecule has 0 aliphatic heterocycles. The van der Waals surface area contributed by atoms with Crippen LogP contribution in [0, 0.1) is 5.92 Å². The number of carbonyl (C=O) groups excluding carboxylic acids is 4. The number of aldehydes is 1. The van der Waals surface area contributed by atoms with Gasteiger partial charge in [0.05, 0.1) is 18.6 Å². The molecule has 0 aliphatic carbocycles. The zero-order valence-corrected chi connectivity index (χ0v) is 22.3. The van der Waals surface area contributed by atoms with Crippen molar-refractivity contribution in [3.05, 3.63) is 29.8 Å². The summed E-state index contributed by atoms with van der Waals surface area (Å²) in [5, 5.41) is 33.7. The number of aliphatic carboxylic acids is 1. The number of aliphatic hydroxyl groups is 1. The first kappa shape index (κ1) is 32.5. The van der Waals surface area contributed by atoms with Gasteiger partial charge in [-0.25, -0.2) is 0 Å². The van der Waals surface area contributed by atoms with Gasteiger partial charge in [0.25, 0.3) is 0 Å². The maximum absolute atomic E-state index is 13.2. The molecule has 0 fully saturated rings. The third-order valence-corrected chi connectivity index (χ3v) is 6.21. The summed E-state index contributed by atoms with van der Waals surface area (Å²) in [7, 11) is 0. The molecule has 1 aromatic carbocycles. The van der Waals surface area contributed by atoms with Crippen LogP contribution in [-0.2, 0) is 30.4 Å². The number of aromatic hydroxyl groups is 1. The summed E-state index contributed by atoms with van der Waals surface area (Å²) in [5.41, 5.74) is 6.77. The summed E-state index contributed by atoms with van der Waals surface area (Å²) in [6, 6.07) is 2.09. The van der Waals surface area contributed by atoms with E-state index in [-0.39, 0.29) is 31.1 Å². The Hall–Kier alpha value is -3.51. The molecule has 212 valence electrons. The summed E-state index contributed by atoms with van der Waals surface area (Å²) in [6.45, 7) is 6.18. The van der Waals surface area contributed by atoms with E-state index in [1.165, 1.54) is 26.0 Å². The number of carbonyl (C=O) groups is 5. The van der Waals surface area contributed by atoms with Gasteiger partial charge in [-0.05, 0) is 43.9 Å². The van der Waals surface area contributed by atoms with E-state index in [0.717, 1.165) is 10.5 Å². The molecular weight excluding hydrogens is 496 g/mol. The predicted molar refractivity (Wildman–Crippen MR) is 139 cm³/mol. The Morgan fingerprint density at radius 2 is 1.66 bits per heavy atom. The van der Waals surface area contributed by atoms with E-state index >= 15 is 0 Å². The molecule has 0 aliphatic rings. The Bertz CT molecular complexity index is 953. The van der Waals surface area contributed by atoms with Gasteiger partial charge in [0.15, 0.2) is 0 Å². The van der Waals surface area contributed by atoms with Crippen LogP contribution < -0.4 is 16.4 Å².